The number of amides is 2. The van der Waals surface area contributed by atoms with Gasteiger partial charge in [-0.15, -0.1) is 0 Å². The Morgan fingerprint density at radius 1 is 1.12 bits per heavy atom. The molecule has 2 aliphatic rings. The maximum absolute atomic E-state index is 12.5. The number of carbonyl (C=O) groups excluding carboxylic acids is 2. The molecule has 6 heteroatoms. The lowest BCUT2D eigenvalue weighted by molar-refractivity contribution is -0.137. The second kappa shape index (κ2) is 8.50. The van der Waals surface area contributed by atoms with Gasteiger partial charge in [-0.25, -0.2) is 0 Å². The summed E-state index contributed by atoms with van der Waals surface area (Å²) in [4.78, 5) is 28.8. The van der Waals surface area contributed by atoms with Gasteiger partial charge in [0.1, 0.15) is 0 Å². The van der Waals surface area contributed by atoms with Crippen LogP contribution in [0, 0.1) is 5.92 Å². The standard InChI is InChI=1S/C19H24ClN3O2/c20-16-8-4-5-9-17(16)21-18(24)14-22-10-12-23(13-11-22)19(25)15-6-2-1-3-7-15/h1-2,4-5,8-9,15H,3,6-7,10-14H2,(H,21,24)/t15-/m1/s1. The molecule has 0 bridgehead atoms. The van der Waals surface area contributed by atoms with Crippen molar-refractivity contribution in [3.63, 3.8) is 0 Å². The summed E-state index contributed by atoms with van der Waals surface area (Å²) >= 11 is 6.06. The lowest BCUT2D eigenvalue weighted by Crippen LogP contribution is -2.51. The summed E-state index contributed by atoms with van der Waals surface area (Å²) in [5.74, 6) is 0.329. The first-order chi connectivity index (χ1) is 12.1. The van der Waals surface area contributed by atoms with E-state index in [9.17, 15) is 9.59 Å². The Kier molecular flexibility index (Phi) is 6.10. The molecule has 0 radical (unpaired) electrons. The van der Waals surface area contributed by atoms with Crippen LogP contribution in [0.15, 0.2) is 36.4 Å². The number of nitrogens with one attached hydrogen (secondary N) is 1. The highest BCUT2D eigenvalue weighted by atomic mass is 35.5. The third kappa shape index (κ3) is 4.83. The van der Waals surface area contributed by atoms with Crippen molar-refractivity contribution < 1.29 is 9.59 Å². The molecule has 1 aromatic rings. The fraction of sp³-hybridized carbons (Fsp3) is 0.474. The zero-order valence-electron chi connectivity index (χ0n) is 14.3. The first-order valence-electron chi connectivity index (χ1n) is 8.84. The number of para-hydroxylation sites is 1. The van der Waals surface area contributed by atoms with E-state index in [-0.39, 0.29) is 17.7 Å². The van der Waals surface area contributed by atoms with Crippen molar-refractivity contribution >= 4 is 29.1 Å². The first-order valence-corrected chi connectivity index (χ1v) is 9.22. The molecule has 1 heterocycles. The van der Waals surface area contributed by atoms with E-state index in [2.05, 4.69) is 22.4 Å². The molecule has 1 atom stereocenters. The molecular formula is C19H24ClN3O2. The van der Waals surface area contributed by atoms with Gasteiger partial charge in [-0.2, -0.15) is 0 Å². The topological polar surface area (TPSA) is 52.7 Å². The van der Waals surface area contributed by atoms with Crippen LogP contribution >= 0.6 is 11.6 Å². The van der Waals surface area contributed by atoms with E-state index < -0.39 is 0 Å². The Balaban J connectivity index is 1.44. The molecule has 0 unspecified atom stereocenters. The van der Waals surface area contributed by atoms with E-state index in [0.29, 0.717) is 30.3 Å². The van der Waals surface area contributed by atoms with Gasteiger partial charge in [0.05, 0.1) is 17.3 Å². The quantitative estimate of drug-likeness (QED) is 0.839. The Morgan fingerprint density at radius 3 is 2.56 bits per heavy atom. The number of hydrogen-bond donors (Lipinski definition) is 1. The van der Waals surface area contributed by atoms with Gasteiger partial charge in [-0.3, -0.25) is 14.5 Å². The number of hydrogen-bond acceptors (Lipinski definition) is 3. The van der Waals surface area contributed by atoms with E-state index in [1.54, 1.807) is 12.1 Å². The molecule has 1 fully saturated rings. The summed E-state index contributed by atoms with van der Waals surface area (Å²) in [7, 11) is 0. The van der Waals surface area contributed by atoms with Gasteiger partial charge < -0.3 is 10.2 Å². The van der Waals surface area contributed by atoms with Crippen LogP contribution in [0.4, 0.5) is 5.69 Å². The maximum atomic E-state index is 12.5. The molecule has 0 spiro atoms. The summed E-state index contributed by atoms with van der Waals surface area (Å²) in [5.41, 5.74) is 0.633. The van der Waals surface area contributed by atoms with E-state index in [1.165, 1.54) is 0 Å². The molecule has 3 rings (SSSR count). The number of halogens is 1. The number of anilines is 1. The second-order valence-corrected chi connectivity index (χ2v) is 7.02. The predicted octanol–water partition coefficient (Wildman–Crippen LogP) is 2.78. The Labute approximate surface area is 153 Å². The minimum atomic E-state index is -0.0784. The summed E-state index contributed by atoms with van der Waals surface area (Å²) in [6.45, 7) is 3.16. The fourth-order valence-corrected chi connectivity index (χ4v) is 3.54. The minimum absolute atomic E-state index is 0.0784. The zero-order chi connectivity index (χ0) is 17.6. The van der Waals surface area contributed by atoms with E-state index in [0.717, 1.165) is 32.4 Å². The highest BCUT2D eigenvalue weighted by Gasteiger charge is 2.27. The molecule has 0 aromatic heterocycles. The lowest BCUT2D eigenvalue weighted by Gasteiger charge is -2.36. The van der Waals surface area contributed by atoms with Gasteiger partial charge in [0.25, 0.3) is 0 Å². The van der Waals surface area contributed by atoms with Gasteiger partial charge in [0, 0.05) is 32.1 Å². The van der Waals surface area contributed by atoms with Gasteiger partial charge in [-0.1, -0.05) is 35.9 Å². The first kappa shape index (κ1) is 18.0. The minimum Gasteiger partial charge on any atom is -0.340 e. The molecule has 25 heavy (non-hydrogen) atoms. The molecule has 5 nitrogen and oxygen atoms in total. The van der Waals surface area contributed by atoms with Crippen LogP contribution in [0.25, 0.3) is 0 Å². The number of benzene rings is 1. The van der Waals surface area contributed by atoms with Crippen LogP contribution in [-0.2, 0) is 9.59 Å². The molecule has 134 valence electrons. The van der Waals surface area contributed by atoms with Gasteiger partial charge in [-0.05, 0) is 31.4 Å². The fourth-order valence-electron chi connectivity index (χ4n) is 3.36. The number of carbonyl (C=O) groups is 2. The number of allylic oxidation sites excluding steroid dienone is 2. The Morgan fingerprint density at radius 2 is 1.88 bits per heavy atom. The van der Waals surface area contributed by atoms with Crippen LogP contribution in [0.5, 0.6) is 0 Å². The molecule has 1 N–H and O–H groups in total. The summed E-state index contributed by atoms with van der Waals surface area (Å²) in [5, 5.41) is 3.38. The molecule has 1 saturated heterocycles. The van der Waals surface area contributed by atoms with Crippen molar-refractivity contribution in [2.45, 2.75) is 19.3 Å². The third-order valence-corrected chi connectivity index (χ3v) is 5.15. The van der Waals surface area contributed by atoms with Gasteiger partial charge >= 0.3 is 0 Å². The molecule has 1 aliphatic heterocycles. The van der Waals surface area contributed by atoms with Crippen LogP contribution in [0.2, 0.25) is 5.02 Å². The van der Waals surface area contributed by atoms with Crippen molar-refractivity contribution in [3.8, 4) is 0 Å². The maximum Gasteiger partial charge on any atom is 0.238 e. The Hall–Kier alpha value is -1.85. The molecule has 1 aromatic carbocycles. The average Bonchev–Trinajstić information content (AvgIpc) is 2.64. The zero-order valence-corrected chi connectivity index (χ0v) is 15.0. The highest BCUT2D eigenvalue weighted by molar-refractivity contribution is 6.33. The predicted molar refractivity (Wildman–Crippen MR) is 99.6 cm³/mol. The number of piperazine rings is 1. The van der Waals surface area contributed by atoms with Crippen molar-refractivity contribution in [1.82, 2.24) is 9.80 Å². The van der Waals surface area contributed by atoms with Crippen molar-refractivity contribution in [3.05, 3.63) is 41.4 Å². The molecule has 0 saturated carbocycles. The third-order valence-electron chi connectivity index (χ3n) is 4.82. The Bertz CT molecular complexity index is 654. The van der Waals surface area contributed by atoms with Gasteiger partial charge in [0.2, 0.25) is 11.8 Å². The summed E-state index contributed by atoms with van der Waals surface area (Å²) < 4.78 is 0. The monoisotopic (exact) mass is 361 g/mol. The van der Waals surface area contributed by atoms with E-state index in [4.69, 9.17) is 11.6 Å². The highest BCUT2D eigenvalue weighted by Crippen LogP contribution is 2.22. The van der Waals surface area contributed by atoms with Crippen molar-refractivity contribution in [2.75, 3.05) is 38.0 Å². The molecular weight excluding hydrogens is 338 g/mol. The van der Waals surface area contributed by atoms with E-state index in [1.807, 2.05) is 17.0 Å². The van der Waals surface area contributed by atoms with E-state index >= 15 is 0 Å². The average molecular weight is 362 g/mol. The van der Waals surface area contributed by atoms with Gasteiger partial charge in [0.15, 0.2) is 0 Å². The van der Waals surface area contributed by atoms with Crippen LogP contribution in [0.3, 0.4) is 0 Å². The van der Waals surface area contributed by atoms with Crippen LogP contribution in [0.1, 0.15) is 19.3 Å². The SMILES string of the molecule is O=C(CN1CCN(C(=O)[C@@H]2CC=CCC2)CC1)Nc1ccccc1Cl. The smallest absolute Gasteiger partial charge is 0.238 e. The van der Waals surface area contributed by atoms with Crippen LogP contribution < -0.4 is 5.32 Å². The summed E-state index contributed by atoms with van der Waals surface area (Å²) in [6, 6.07) is 7.21. The lowest BCUT2D eigenvalue weighted by atomic mass is 9.93. The molecule has 1 aliphatic carbocycles. The summed E-state index contributed by atoms with van der Waals surface area (Å²) in [6.07, 6.45) is 7.08. The molecule has 2 amide bonds. The number of nitrogens with zero attached hydrogens (tertiary/aromatic N) is 2. The second-order valence-electron chi connectivity index (χ2n) is 6.61. The van der Waals surface area contributed by atoms with Crippen molar-refractivity contribution in [1.29, 1.82) is 0 Å². The largest absolute Gasteiger partial charge is 0.340 e. The number of rotatable bonds is 4. The van der Waals surface area contributed by atoms with Crippen LogP contribution in [-0.4, -0.2) is 54.3 Å². The normalized spacial score (nSPS) is 21.2. The van der Waals surface area contributed by atoms with Crippen molar-refractivity contribution in [2.24, 2.45) is 5.92 Å².